The van der Waals surface area contributed by atoms with E-state index in [1.54, 1.807) is 18.2 Å². The van der Waals surface area contributed by atoms with Gasteiger partial charge in [0.2, 0.25) is 5.91 Å². The van der Waals surface area contributed by atoms with E-state index in [4.69, 9.17) is 0 Å². The van der Waals surface area contributed by atoms with Gasteiger partial charge >= 0.3 is 0 Å². The molecule has 126 valence electrons. The summed E-state index contributed by atoms with van der Waals surface area (Å²) >= 11 is 0. The van der Waals surface area contributed by atoms with Crippen molar-refractivity contribution in [1.29, 1.82) is 0 Å². The lowest BCUT2D eigenvalue weighted by Gasteiger charge is -2.33. The molecule has 0 spiro atoms. The van der Waals surface area contributed by atoms with Gasteiger partial charge in [-0.2, -0.15) is 0 Å². The lowest BCUT2D eigenvalue weighted by Crippen LogP contribution is -3.15. The number of nitrogens with one attached hydrogen (secondary N) is 2. The van der Waals surface area contributed by atoms with Crippen LogP contribution in [0.15, 0.2) is 54.6 Å². The molecule has 1 aliphatic rings. The summed E-state index contributed by atoms with van der Waals surface area (Å²) in [6, 6.07) is 16.7. The first-order valence-electron chi connectivity index (χ1n) is 8.40. The minimum atomic E-state index is -0.394. The van der Waals surface area contributed by atoms with E-state index in [-0.39, 0.29) is 11.6 Å². The van der Waals surface area contributed by atoms with Crippen LogP contribution in [0.2, 0.25) is 0 Å². The Kier molecular flexibility index (Phi) is 5.43. The van der Waals surface area contributed by atoms with Crippen LogP contribution < -0.4 is 15.1 Å². The van der Waals surface area contributed by atoms with E-state index in [0.717, 1.165) is 32.7 Å². The highest BCUT2D eigenvalue weighted by Crippen LogP contribution is 2.13. The quantitative estimate of drug-likeness (QED) is 0.874. The molecule has 1 heterocycles. The van der Waals surface area contributed by atoms with E-state index in [2.05, 4.69) is 34.5 Å². The minimum Gasteiger partial charge on any atom is -0.360 e. The Labute approximate surface area is 141 Å². The maximum Gasteiger partial charge on any atom is 0.230 e. The third kappa shape index (κ3) is 4.32. The number of nitrogens with zero attached hydrogens (tertiary/aromatic N) is 1. The second-order valence-electron chi connectivity index (χ2n) is 6.10. The fourth-order valence-electron chi connectivity index (χ4n) is 3.04. The highest BCUT2D eigenvalue weighted by molar-refractivity contribution is 5.90. The van der Waals surface area contributed by atoms with E-state index in [1.807, 2.05) is 6.07 Å². The molecule has 0 saturated carbocycles. The number of benzene rings is 2. The molecular formula is C19H23FN3O+. The summed E-state index contributed by atoms with van der Waals surface area (Å²) < 4.78 is 13.5. The third-order valence-electron chi connectivity index (χ3n) is 4.45. The number of piperazine rings is 1. The van der Waals surface area contributed by atoms with Gasteiger partial charge < -0.3 is 15.1 Å². The van der Waals surface area contributed by atoms with E-state index in [1.165, 1.54) is 16.7 Å². The monoisotopic (exact) mass is 328 g/mol. The summed E-state index contributed by atoms with van der Waals surface area (Å²) in [5, 5.41) is 2.65. The van der Waals surface area contributed by atoms with Gasteiger partial charge in [-0.15, -0.1) is 0 Å². The molecule has 0 aliphatic carbocycles. The Bertz CT molecular complexity index is 669. The SMILES string of the molecule is O=C(CC[NH+]1CCN(c2ccccc2)CC1)Nc1ccccc1F. The van der Waals surface area contributed by atoms with E-state index in [9.17, 15) is 9.18 Å². The number of amides is 1. The number of quaternary nitrogens is 1. The van der Waals surface area contributed by atoms with Crippen molar-refractivity contribution in [3.63, 3.8) is 0 Å². The largest absolute Gasteiger partial charge is 0.360 e. The number of carbonyl (C=O) groups is 1. The average molecular weight is 328 g/mol. The van der Waals surface area contributed by atoms with Gasteiger partial charge in [0.25, 0.3) is 0 Å². The van der Waals surface area contributed by atoms with Crippen LogP contribution >= 0.6 is 0 Å². The first-order chi connectivity index (χ1) is 11.7. The molecule has 5 heteroatoms. The van der Waals surface area contributed by atoms with Crippen LogP contribution in [0.5, 0.6) is 0 Å². The Morgan fingerprint density at radius 2 is 1.71 bits per heavy atom. The number of anilines is 2. The van der Waals surface area contributed by atoms with Gasteiger partial charge in [0.05, 0.1) is 44.8 Å². The first kappa shape index (κ1) is 16.5. The highest BCUT2D eigenvalue weighted by Gasteiger charge is 2.20. The number of halogens is 1. The second-order valence-corrected chi connectivity index (χ2v) is 6.10. The smallest absolute Gasteiger partial charge is 0.230 e. The maximum absolute atomic E-state index is 13.5. The van der Waals surface area contributed by atoms with Crippen molar-refractivity contribution >= 4 is 17.3 Å². The highest BCUT2D eigenvalue weighted by atomic mass is 19.1. The molecule has 2 N–H and O–H groups in total. The van der Waals surface area contributed by atoms with Crippen molar-refractivity contribution < 1.29 is 14.1 Å². The van der Waals surface area contributed by atoms with E-state index < -0.39 is 5.82 Å². The van der Waals surface area contributed by atoms with Crippen molar-refractivity contribution in [2.24, 2.45) is 0 Å². The molecule has 1 aliphatic heterocycles. The molecule has 2 aromatic rings. The summed E-state index contributed by atoms with van der Waals surface area (Å²) in [4.78, 5) is 15.8. The van der Waals surface area contributed by atoms with Gasteiger partial charge in [-0.3, -0.25) is 4.79 Å². The van der Waals surface area contributed by atoms with Crippen LogP contribution in [-0.2, 0) is 4.79 Å². The summed E-state index contributed by atoms with van der Waals surface area (Å²) in [6.45, 7) is 4.80. The van der Waals surface area contributed by atoms with E-state index in [0.29, 0.717) is 6.42 Å². The molecule has 2 aromatic carbocycles. The van der Waals surface area contributed by atoms with Crippen LogP contribution in [0.3, 0.4) is 0 Å². The lowest BCUT2D eigenvalue weighted by molar-refractivity contribution is -0.900. The molecule has 0 atom stereocenters. The number of para-hydroxylation sites is 2. The number of hydrogen-bond donors (Lipinski definition) is 2. The van der Waals surface area contributed by atoms with Gasteiger partial charge in [-0.05, 0) is 24.3 Å². The molecule has 0 bridgehead atoms. The Balaban J connectivity index is 1.42. The zero-order chi connectivity index (χ0) is 16.8. The topological polar surface area (TPSA) is 36.8 Å². The molecule has 3 rings (SSSR count). The number of rotatable bonds is 5. The van der Waals surface area contributed by atoms with Crippen molar-refractivity contribution in [2.75, 3.05) is 42.9 Å². The van der Waals surface area contributed by atoms with Gasteiger partial charge in [0, 0.05) is 5.69 Å². The van der Waals surface area contributed by atoms with Crippen LogP contribution in [0.4, 0.5) is 15.8 Å². The van der Waals surface area contributed by atoms with Crippen LogP contribution in [0.1, 0.15) is 6.42 Å². The fourth-order valence-corrected chi connectivity index (χ4v) is 3.04. The van der Waals surface area contributed by atoms with Gasteiger partial charge in [-0.25, -0.2) is 4.39 Å². The van der Waals surface area contributed by atoms with Crippen molar-refractivity contribution in [1.82, 2.24) is 0 Å². The number of hydrogen-bond acceptors (Lipinski definition) is 2. The van der Waals surface area contributed by atoms with Gasteiger partial charge in [-0.1, -0.05) is 30.3 Å². The molecular weight excluding hydrogens is 305 g/mol. The van der Waals surface area contributed by atoms with Crippen LogP contribution in [0.25, 0.3) is 0 Å². The second kappa shape index (κ2) is 7.93. The molecule has 1 amide bonds. The number of carbonyl (C=O) groups excluding carboxylic acids is 1. The summed E-state index contributed by atoms with van der Waals surface area (Å²) in [5.41, 5.74) is 1.51. The molecule has 0 radical (unpaired) electrons. The summed E-state index contributed by atoms with van der Waals surface area (Å²) in [7, 11) is 0. The average Bonchev–Trinajstić information content (AvgIpc) is 2.63. The molecule has 1 saturated heterocycles. The fraction of sp³-hybridized carbons (Fsp3) is 0.316. The standard InChI is InChI=1S/C19H22FN3O/c20-17-8-4-5-9-18(17)21-19(24)10-11-22-12-14-23(15-13-22)16-6-2-1-3-7-16/h1-9H,10-15H2,(H,21,24)/p+1. The first-order valence-corrected chi connectivity index (χ1v) is 8.40. The lowest BCUT2D eigenvalue weighted by atomic mass is 10.2. The molecule has 1 fully saturated rings. The van der Waals surface area contributed by atoms with Crippen LogP contribution in [-0.4, -0.2) is 38.6 Å². The summed E-state index contributed by atoms with van der Waals surface area (Å²) in [6.07, 6.45) is 0.412. The molecule has 4 nitrogen and oxygen atoms in total. The predicted molar refractivity (Wildman–Crippen MR) is 93.9 cm³/mol. The molecule has 24 heavy (non-hydrogen) atoms. The maximum atomic E-state index is 13.5. The zero-order valence-corrected chi connectivity index (χ0v) is 13.7. The van der Waals surface area contributed by atoms with Crippen LogP contribution in [0, 0.1) is 5.82 Å². The zero-order valence-electron chi connectivity index (χ0n) is 13.7. The predicted octanol–water partition coefficient (Wildman–Crippen LogP) is 1.56. The van der Waals surface area contributed by atoms with Crippen molar-refractivity contribution in [2.45, 2.75) is 6.42 Å². The van der Waals surface area contributed by atoms with Crippen molar-refractivity contribution in [3.05, 3.63) is 60.4 Å². The molecule has 0 unspecified atom stereocenters. The van der Waals surface area contributed by atoms with Gasteiger partial charge in [0.1, 0.15) is 5.82 Å². The summed E-state index contributed by atoms with van der Waals surface area (Å²) in [5.74, 6) is -0.521. The Morgan fingerprint density at radius 3 is 2.42 bits per heavy atom. The Hall–Kier alpha value is -2.40. The van der Waals surface area contributed by atoms with E-state index >= 15 is 0 Å². The minimum absolute atomic E-state index is 0.127. The normalized spacial score (nSPS) is 15.3. The molecule has 0 aromatic heterocycles. The van der Waals surface area contributed by atoms with Crippen molar-refractivity contribution in [3.8, 4) is 0 Å². The Morgan fingerprint density at radius 1 is 1.04 bits per heavy atom. The van der Waals surface area contributed by atoms with Gasteiger partial charge in [0.15, 0.2) is 0 Å². The third-order valence-corrected chi connectivity index (χ3v) is 4.45.